The fraction of sp³-hybridized carbons (Fsp3) is 0.111. The molecule has 1 N–H and O–H groups in total. The predicted octanol–water partition coefficient (Wildman–Crippen LogP) is 3.30. The summed E-state index contributed by atoms with van der Waals surface area (Å²) in [5.74, 6) is -1.14. The number of halogens is 2. The van der Waals surface area contributed by atoms with E-state index in [9.17, 15) is 14.0 Å². The normalized spacial score (nSPS) is 11.8. The number of carbonyl (C=O) groups excluding carboxylic acids is 1. The second-order valence-corrected chi connectivity index (χ2v) is 5.96. The van der Waals surface area contributed by atoms with Crippen LogP contribution in [-0.2, 0) is 4.79 Å². The van der Waals surface area contributed by atoms with Crippen molar-refractivity contribution >= 4 is 23.2 Å². The van der Waals surface area contributed by atoms with E-state index in [0.717, 1.165) is 4.68 Å². The Morgan fingerprint density at radius 2 is 1.88 bits per heavy atom. The van der Waals surface area contributed by atoms with Crippen LogP contribution in [-0.4, -0.2) is 20.7 Å². The smallest absolute Gasteiger partial charge is 0.322 e. The fourth-order valence-electron chi connectivity index (χ4n) is 2.29. The molecule has 1 amide bonds. The van der Waals surface area contributed by atoms with Gasteiger partial charge in [-0.1, -0.05) is 35.9 Å². The van der Waals surface area contributed by atoms with Crippen molar-refractivity contribution in [2.75, 3.05) is 5.32 Å². The van der Waals surface area contributed by atoms with Crippen LogP contribution in [0.1, 0.15) is 13.0 Å². The lowest BCUT2D eigenvalue weighted by Gasteiger charge is -2.14. The summed E-state index contributed by atoms with van der Waals surface area (Å²) in [6, 6.07) is 11.6. The zero-order valence-electron chi connectivity index (χ0n) is 13.7. The molecule has 26 heavy (non-hydrogen) atoms. The molecule has 0 radical (unpaired) electrons. The Bertz CT molecular complexity index is 1000. The van der Waals surface area contributed by atoms with Gasteiger partial charge in [0.1, 0.15) is 11.9 Å². The second-order valence-electron chi connectivity index (χ2n) is 5.52. The maximum absolute atomic E-state index is 13.6. The summed E-state index contributed by atoms with van der Waals surface area (Å²) in [6.45, 7) is 1.48. The quantitative estimate of drug-likeness (QED) is 0.762. The Balaban J connectivity index is 1.82. The molecule has 1 aromatic heterocycles. The average Bonchev–Trinajstić information content (AvgIpc) is 2.63. The van der Waals surface area contributed by atoms with Crippen molar-refractivity contribution in [2.24, 2.45) is 0 Å². The van der Waals surface area contributed by atoms with Gasteiger partial charge in [0.25, 0.3) is 0 Å². The number of hydrogen-bond donors (Lipinski definition) is 1. The average molecular weight is 373 g/mol. The maximum atomic E-state index is 13.6. The van der Waals surface area contributed by atoms with Crippen molar-refractivity contribution in [3.8, 4) is 11.3 Å². The van der Waals surface area contributed by atoms with Crippen molar-refractivity contribution in [2.45, 2.75) is 13.0 Å². The largest absolute Gasteiger partial charge is 0.365 e. The lowest BCUT2D eigenvalue weighted by atomic mass is 10.2. The Hall–Kier alpha value is -3.06. The molecule has 3 rings (SSSR count). The Labute approximate surface area is 153 Å². The number of anilines is 1. The number of rotatable bonds is 4. The highest BCUT2D eigenvalue weighted by atomic mass is 35.5. The molecule has 2 aromatic carbocycles. The van der Waals surface area contributed by atoms with E-state index in [4.69, 9.17) is 11.6 Å². The molecular formula is C18H14ClFN4O2. The van der Waals surface area contributed by atoms with Crippen molar-refractivity contribution < 1.29 is 9.18 Å². The molecule has 0 spiro atoms. The molecule has 0 saturated heterocycles. The molecule has 0 aliphatic rings. The topological polar surface area (TPSA) is 76.9 Å². The number of nitrogens with zero attached hydrogens (tertiary/aromatic N) is 3. The van der Waals surface area contributed by atoms with Crippen molar-refractivity contribution in [3.05, 3.63) is 76.1 Å². The lowest BCUT2D eigenvalue weighted by Crippen LogP contribution is -2.35. The first-order chi connectivity index (χ1) is 12.5. The first-order valence-electron chi connectivity index (χ1n) is 7.73. The molecule has 132 valence electrons. The van der Waals surface area contributed by atoms with Gasteiger partial charge in [0.15, 0.2) is 0 Å². The third kappa shape index (κ3) is 3.78. The molecule has 0 fully saturated rings. The number of aromatic nitrogens is 3. The van der Waals surface area contributed by atoms with Gasteiger partial charge in [-0.05, 0) is 31.2 Å². The summed E-state index contributed by atoms with van der Waals surface area (Å²) >= 11 is 5.84. The summed E-state index contributed by atoms with van der Waals surface area (Å²) in [6.07, 6.45) is 1.39. The minimum Gasteiger partial charge on any atom is -0.322 e. The van der Waals surface area contributed by atoms with E-state index < -0.39 is 23.5 Å². The van der Waals surface area contributed by atoms with Gasteiger partial charge in [-0.2, -0.15) is 10.1 Å². The summed E-state index contributed by atoms with van der Waals surface area (Å²) in [5.41, 5.74) is 0.385. The maximum Gasteiger partial charge on any atom is 0.365 e. The number of carbonyl (C=O) groups is 1. The number of hydrogen-bond acceptors (Lipinski definition) is 4. The van der Waals surface area contributed by atoms with E-state index in [1.807, 2.05) is 0 Å². The fourth-order valence-corrected chi connectivity index (χ4v) is 2.41. The van der Waals surface area contributed by atoms with E-state index in [1.54, 1.807) is 30.3 Å². The Morgan fingerprint density at radius 3 is 2.54 bits per heavy atom. The summed E-state index contributed by atoms with van der Waals surface area (Å²) in [5, 5.41) is 7.01. The van der Waals surface area contributed by atoms with E-state index in [0.29, 0.717) is 16.3 Å². The lowest BCUT2D eigenvalue weighted by molar-refractivity contribution is -0.119. The van der Waals surface area contributed by atoms with Gasteiger partial charge in [0, 0.05) is 10.6 Å². The van der Waals surface area contributed by atoms with E-state index in [-0.39, 0.29) is 5.69 Å². The number of para-hydroxylation sites is 1. The molecule has 0 bridgehead atoms. The van der Waals surface area contributed by atoms with Crippen LogP contribution in [0.2, 0.25) is 5.02 Å². The van der Waals surface area contributed by atoms with Gasteiger partial charge in [0.2, 0.25) is 5.91 Å². The standard InChI is InChI=1S/C18H14ClFN4O2/c1-11(17(25)22-15-5-3-2-4-14(15)20)24-18(26)23-16(10-21-24)12-6-8-13(19)9-7-12/h2-11H,1H3,(H,22,25). The van der Waals surface area contributed by atoms with Crippen LogP contribution >= 0.6 is 11.6 Å². The third-order valence-corrected chi connectivity index (χ3v) is 3.99. The van der Waals surface area contributed by atoms with E-state index in [2.05, 4.69) is 15.4 Å². The zero-order chi connectivity index (χ0) is 18.7. The first-order valence-corrected chi connectivity index (χ1v) is 8.10. The number of benzene rings is 2. The molecule has 0 saturated carbocycles. The molecule has 0 aliphatic carbocycles. The summed E-state index contributed by atoms with van der Waals surface area (Å²) in [4.78, 5) is 28.5. The summed E-state index contributed by atoms with van der Waals surface area (Å²) in [7, 11) is 0. The minimum absolute atomic E-state index is 0.0307. The van der Waals surface area contributed by atoms with E-state index >= 15 is 0 Å². The Kier molecular flexibility index (Phi) is 5.09. The SMILES string of the molecule is CC(C(=O)Nc1ccccc1F)n1ncc(-c2ccc(Cl)cc2)nc1=O. The predicted molar refractivity (Wildman–Crippen MR) is 96.5 cm³/mol. The van der Waals surface area contributed by atoms with Gasteiger partial charge in [-0.25, -0.2) is 13.9 Å². The van der Waals surface area contributed by atoms with Crippen LogP contribution in [0.15, 0.2) is 59.5 Å². The van der Waals surface area contributed by atoms with Crippen LogP contribution in [0.3, 0.4) is 0 Å². The molecule has 1 unspecified atom stereocenters. The Morgan fingerprint density at radius 1 is 1.19 bits per heavy atom. The van der Waals surface area contributed by atoms with Crippen molar-refractivity contribution in [1.82, 2.24) is 14.8 Å². The monoisotopic (exact) mass is 372 g/mol. The van der Waals surface area contributed by atoms with Gasteiger partial charge >= 0.3 is 5.69 Å². The van der Waals surface area contributed by atoms with Gasteiger partial charge < -0.3 is 5.32 Å². The zero-order valence-corrected chi connectivity index (χ0v) is 14.4. The molecule has 1 atom stereocenters. The third-order valence-electron chi connectivity index (χ3n) is 3.73. The highest BCUT2D eigenvalue weighted by Crippen LogP contribution is 2.18. The molecule has 1 heterocycles. The molecule has 3 aromatic rings. The number of amides is 1. The van der Waals surface area contributed by atoms with Crippen LogP contribution in [0.4, 0.5) is 10.1 Å². The van der Waals surface area contributed by atoms with Gasteiger partial charge in [0.05, 0.1) is 17.6 Å². The van der Waals surface area contributed by atoms with E-state index in [1.165, 1.54) is 31.3 Å². The van der Waals surface area contributed by atoms with Crippen molar-refractivity contribution in [1.29, 1.82) is 0 Å². The highest BCUT2D eigenvalue weighted by molar-refractivity contribution is 6.30. The molecule has 8 heteroatoms. The first kappa shape index (κ1) is 17.8. The van der Waals surface area contributed by atoms with Gasteiger partial charge in [-0.15, -0.1) is 0 Å². The van der Waals surface area contributed by atoms with Crippen LogP contribution in [0, 0.1) is 5.82 Å². The van der Waals surface area contributed by atoms with Crippen LogP contribution < -0.4 is 11.0 Å². The van der Waals surface area contributed by atoms with Crippen molar-refractivity contribution in [3.63, 3.8) is 0 Å². The number of nitrogens with one attached hydrogen (secondary N) is 1. The summed E-state index contributed by atoms with van der Waals surface area (Å²) < 4.78 is 14.6. The highest BCUT2D eigenvalue weighted by Gasteiger charge is 2.19. The second kappa shape index (κ2) is 7.45. The minimum atomic E-state index is -0.964. The molecular weight excluding hydrogens is 359 g/mol. The van der Waals surface area contributed by atoms with Crippen LogP contribution in [0.5, 0.6) is 0 Å². The van der Waals surface area contributed by atoms with Gasteiger partial charge in [-0.3, -0.25) is 4.79 Å². The molecule has 6 nitrogen and oxygen atoms in total. The van der Waals surface area contributed by atoms with Crippen LogP contribution in [0.25, 0.3) is 11.3 Å². The molecule has 0 aliphatic heterocycles.